The topological polar surface area (TPSA) is 40.5 Å². The van der Waals surface area contributed by atoms with Gasteiger partial charge in [0.05, 0.1) is 6.61 Å². The van der Waals surface area contributed by atoms with Crippen LogP contribution in [0.1, 0.15) is 22.2 Å². The summed E-state index contributed by atoms with van der Waals surface area (Å²) < 4.78 is 0. The van der Waals surface area contributed by atoms with E-state index in [1.165, 1.54) is 10.4 Å². The summed E-state index contributed by atoms with van der Waals surface area (Å²) in [7, 11) is 0. The Hall–Kier alpha value is -0.870. The Morgan fingerprint density at radius 2 is 2.50 bits per heavy atom. The highest BCUT2D eigenvalue weighted by Gasteiger charge is 2.20. The fourth-order valence-electron chi connectivity index (χ4n) is 1.74. The van der Waals surface area contributed by atoms with Gasteiger partial charge in [0, 0.05) is 29.8 Å². The molecule has 0 saturated heterocycles. The van der Waals surface area contributed by atoms with Gasteiger partial charge in [-0.1, -0.05) is 0 Å². The van der Waals surface area contributed by atoms with E-state index in [4.69, 9.17) is 5.11 Å². The lowest BCUT2D eigenvalue weighted by atomic mass is 10.1. The molecular weight excluding hydrogens is 198 g/mol. The number of hydrogen-bond donors (Lipinski definition) is 1. The minimum Gasteiger partial charge on any atom is -0.391 e. The SMILES string of the molecule is CC(=O)N1CCc2sc(CO)cc2C1. The summed E-state index contributed by atoms with van der Waals surface area (Å²) in [5.74, 6) is 0.132. The maximum Gasteiger partial charge on any atom is 0.219 e. The van der Waals surface area contributed by atoms with Gasteiger partial charge in [0.1, 0.15) is 0 Å². The lowest BCUT2D eigenvalue weighted by Crippen LogP contribution is -2.33. The number of carbonyl (C=O) groups is 1. The van der Waals surface area contributed by atoms with Crippen LogP contribution in [0.5, 0.6) is 0 Å². The van der Waals surface area contributed by atoms with Crippen LogP contribution in [0.15, 0.2) is 6.07 Å². The van der Waals surface area contributed by atoms with Crippen molar-refractivity contribution < 1.29 is 9.90 Å². The van der Waals surface area contributed by atoms with E-state index in [0.29, 0.717) is 6.54 Å². The first-order valence-electron chi connectivity index (χ1n) is 4.67. The summed E-state index contributed by atoms with van der Waals surface area (Å²) in [5, 5.41) is 8.99. The highest BCUT2D eigenvalue weighted by molar-refractivity contribution is 7.12. The monoisotopic (exact) mass is 211 g/mol. The molecular formula is C10H13NO2S. The molecule has 0 fully saturated rings. The lowest BCUT2D eigenvalue weighted by molar-refractivity contribution is -0.129. The standard InChI is InChI=1S/C10H13NO2S/c1-7(13)11-3-2-10-8(5-11)4-9(6-12)14-10/h4,12H,2-3,5-6H2,1H3. The van der Waals surface area contributed by atoms with E-state index in [1.807, 2.05) is 11.0 Å². The molecule has 4 heteroatoms. The third-order valence-corrected chi connectivity index (χ3v) is 3.74. The predicted molar refractivity (Wildman–Crippen MR) is 55.0 cm³/mol. The lowest BCUT2D eigenvalue weighted by Gasteiger charge is -2.25. The fourth-order valence-corrected chi connectivity index (χ4v) is 2.77. The molecule has 0 bridgehead atoms. The van der Waals surface area contributed by atoms with Crippen LogP contribution < -0.4 is 0 Å². The first-order chi connectivity index (χ1) is 6.70. The van der Waals surface area contributed by atoms with Crippen LogP contribution in [0.2, 0.25) is 0 Å². The predicted octanol–water partition coefficient (Wildman–Crippen LogP) is 1.15. The quantitative estimate of drug-likeness (QED) is 0.757. The zero-order valence-electron chi connectivity index (χ0n) is 8.12. The van der Waals surface area contributed by atoms with Crippen LogP contribution in [0, 0.1) is 0 Å². The molecule has 2 rings (SSSR count). The molecule has 1 amide bonds. The van der Waals surface area contributed by atoms with Gasteiger partial charge in [-0.15, -0.1) is 11.3 Å². The van der Waals surface area contributed by atoms with E-state index in [1.54, 1.807) is 18.3 Å². The number of aliphatic hydroxyl groups is 1. The summed E-state index contributed by atoms with van der Waals surface area (Å²) in [6, 6.07) is 2.01. The van der Waals surface area contributed by atoms with Crippen LogP contribution in [0.4, 0.5) is 0 Å². The Balaban J connectivity index is 2.21. The van der Waals surface area contributed by atoms with Gasteiger partial charge in [0.25, 0.3) is 0 Å². The van der Waals surface area contributed by atoms with Gasteiger partial charge in [-0.05, 0) is 18.1 Å². The minimum absolute atomic E-state index is 0.109. The van der Waals surface area contributed by atoms with E-state index < -0.39 is 0 Å². The Morgan fingerprint density at radius 1 is 1.71 bits per heavy atom. The van der Waals surface area contributed by atoms with Gasteiger partial charge in [-0.2, -0.15) is 0 Å². The summed E-state index contributed by atoms with van der Waals surface area (Å²) in [4.78, 5) is 15.3. The first kappa shape index (κ1) is 9.68. The second kappa shape index (κ2) is 3.71. The zero-order chi connectivity index (χ0) is 10.1. The number of fused-ring (bicyclic) bond motifs is 1. The third-order valence-electron chi connectivity index (χ3n) is 2.52. The number of nitrogens with zero attached hydrogens (tertiary/aromatic N) is 1. The molecule has 14 heavy (non-hydrogen) atoms. The number of thiophene rings is 1. The summed E-state index contributed by atoms with van der Waals surface area (Å²) >= 11 is 1.66. The average Bonchev–Trinajstić information content (AvgIpc) is 2.58. The summed E-state index contributed by atoms with van der Waals surface area (Å²) in [6.07, 6.45) is 0.930. The molecule has 1 aromatic rings. The van der Waals surface area contributed by atoms with E-state index in [9.17, 15) is 4.79 Å². The van der Waals surface area contributed by atoms with Crippen LogP contribution >= 0.6 is 11.3 Å². The van der Waals surface area contributed by atoms with Gasteiger partial charge in [0.15, 0.2) is 0 Å². The van der Waals surface area contributed by atoms with Gasteiger partial charge < -0.3 is 10.0 Å². The molecule has 0 atom stereocenters. The Morgan fingerprint density at radius 3 is 3.14 bits per heavy atom. The van der Waals surface area contributed by atoms with Crippen LogP contribution in [0.3, 0.4) is 0 Å². The number of aliphatic hydroxyl groups excluding tert-OH is 1. The molecule has 0 radical (unpaired) electrons. The van der Waals surface area contributed by atoms with Crippen molar-refractivity contribution in [3.05, 3.63) is 21.4 Å². The molecule has 76 valence electrons. The Kier molecular flexibility index (Phi) is 2.56. The van der Waals surface area contributed by atoms with Crippen LogP contribution in [0.25, 0.3) is 0 Å². The molecule has 1 aliphatic heterocycles. The molecule has 0 unspecified atom stereocenters. The Labute approximate surface area is 87.0 Å². The molecule has 3 nitrogen and oxygen atoms in total. The smallest absolute Gasteiger partial charge is 0.219 e. The molecule has 1 N–H and O–H groups in total. The Bertz CT molecular complexity index is 359. The van der Waals surface area contributed by atoms with Gasteiger partial charge in [-0.25, -0.2) is 0 Å². The van der Waals surface area contributed by atoms with E-state index in [2.05, 4.69) is 0 Å². The van der Waals surface area contributed by atoms with Crippen molar-refractivity contribution in [2.45, 2.75) is 26.5 Å². The van der Waals surface area contributed by atoms with Gasteiger partial charge in [-0.3, -0.25) is 4.79 Å². The number of rotatable bonds is 1. The summed E-state index contributed by atoms with van der Waals surface area (Å²) in [5.41, 5.74) is 1.21. The molecule has 0 spiro atoms. The maximum absolute atomic E-state index is 11.2. The van der Waals surface area contributed by atoms with Crippen LogP contribution in [-0.4, -0.2) is 22.5 Å². The van der Waals surface area contributed by atoms with Crippen molar-refractivity contribution >= 4 is 17.2 Å². The average molecular weight is 211 g/mol. The maximum atomic E-state index is 11.2. The van der Waals surface area contributed by atoms with Crippen molar-refractivity contribution in [3.63, 3.8) is 0 Å². The highest BCUT2D eigenvalue weighted by Crippen LogP contribution is 2.27. The number of hydrogen-bond acceptors (Lipinski definition) is 3. The van der Waals surface area contributed by atoms with Crippen molar-refractivity contribution in [3.8, 4) is 0 Å². The zero-order valence-corrected chi connectivity index (χ0v) is 8.93. The van der Waals surface area contributed by atoms with Gasteiger partial charge >= 0.3 is 0 Å². The number of amides is 1. The largest absolute Gasteiger partial charge is 0.391 e. The fraction of sp³-hybridized carbons (Fsp3) is 0.500. The molecule has 0 aliphatic carbocycles. The van der Waals surface area contributed by atoms with Crippen molar-refractivity contribution in [1.29, 1.82) is 0 Å². The van der Waals surface area contributed by atoms with Crippen molar-refractivity contribution in [2.24, 2.45) is 0 Å². The van der Waals surface area contributed by atoms with E-state index in [0.717, 1.165) is 17.8 Å². The van der Waals surface area contributed by atoms with Crippen molar-refractivity contribution in [2.75, 3.05) is 6.54 Å². The summed E-state index contributed by atoms with van der Waals surface area (Å²) in [6.45, 7) is 3.23. The number of carbonyl (C=O) groups excluding carboxylic acids is 1. The molecule has 0 saturated carbocycles. The first-order valence-corrected chi connectivity index (χ1v) is 5.49. The molecule has 2 heterocycles. The molecule has 0 aromatic carbocycles. The highest BCUT2D eigenvalue weighted by atomic mass is 32.1. The van der Waals surface area contributed by atoms with E-state index in [-0.39, 0.29) is 12.5 Å². The molecule has 1 aromatic heterocycles. The normalized spacial score (nSPS) is 15.4. The van der Waals surface area contributed by atoms with E-state index >= 15 is 0 Å². The second-order valence-electron chi connectivity index (χ2n) is 3.51. The third kappa shape index (κ3) is 1.67. The second-order valence-corrected chi connectivity index (χ2v) is 4.73. The van der Waals surface area contributed by atoms with Crippen molar-refractivity contribution in [1.82, 2.24) is 4.90 Å². The van der Waals surface area contributed by atoms with Gasteiger partial charge in [0.2, 0.25) is 5.91 Å². The molecule has 1 aliphatic rings. The minimum atomic E-state index is 0.109. The van der Waals surface area contributed by atoms with Crippen LogP contribution in [-0.2, 0) is 24.4 Å².